The zero-order chi connectivity index (χ0) is 17.4. The van der Waals surface area contributed by atoms with Gasteiger partial charge in [0.25, 0.3) is 0 Å². The Morgan fingerprint density at radius 1 is 1.08 bits per heavy atom. The van der Waals surface area contributed by atoms with Crippen LogP contribution in [-0.4, -0.2) is 24.3 Å². The highest BCUT2D eigenvalue weighted by molar-refractivity contribution is 7.89. The number of aromatic nitrogens is 1. The van der Waals surface area contributed by atoms with Crippen molar-refractivity contribution in [1.29, 1.82) is 0 Å². The number of hydrogen-bond donors (Lipinski definition) is 0. The normalized spacial score (nSPS) is 15.1. The number of thiazole rings is 1. The van der Waals surface area contributed by atoms with E-state index in [-0.39, 0.29) is 4.90 Å². The molecule has 0 amide bonds. The zero-order valence-electron chi connectivity index (χ0n) is 13.2. The second-order valence-electron chi connectivity index (χ2n) is 5.80. The summed E-state index contributed by atoms with van der Waals surface area (Å²) in [6.45, 7) is 0.786. The van der Waals surface area contributed by atoms with E-state index in [0.29, 0.717) is 24.5 Å². The molecule has 1 aromatic heterocycles. The Morgan fingerprint density at radius 2 is 1.88 bits per heavy atom. The molecule has 0 spiro atoms. The minimum atomic E-state index is -3.55. The molecule has 0 atom stereocenters. The van der Waals surface area contributed by atoms with Crippen molar-refractivity contribution in [2.75, 3.05) is 6.54 Å². The van der Waals surface area contributed by atoms with Gasteiger partial charge in [-0.25, -0.2) is 13.4 Å². The van der Waals surface area contributed by atoms with Gasteiger partial charge in [0.2, 0.25) is 10.0 Å². The first-order valence-electron chi connectivity index (χ1n) is 7.84. The molecule has 0 saturated carbocycles. The summed E-state index contributed by atoms with van der Waals surface area (Å²) < 4.78 is 27.3. The van der Waals surface area contributed by atoms with Gasteiger partial charge in [-0.3, -0.25) is 0 Å². The number of hydrogen-bond acceptors (Lipinski definition) is 4. The molecule has 2 heterocycles. The second kappa shape index (κ2) is 6.53. The third kappa shape index (κ3) is 3.22. The maximum absolute atomic E-state index is 12.9. The average Bonchev–Trinajstić information content (AvgIpc) is 3.06. The summed E-state index contributed by atoms with van der Waals surface area (Å²) >= 11 is 7.51. The van der Waals surface area contributed by atoms with Crippen molar-refractivity contribution in [2.24, 2.45) is 0 Å². The second-order valence-corrected chi connectivity index (χ2v) is 9.26. The Morgan fingerprint density at radius 3 is 2.64 bits per heavy atom. The average molecular weight is 391 g/mol. The first-order valence-corrected chi connectivity index (χ1v) is 10.5. The van der Waals surface area contributed by atoms with Gasteiger partial charge in [0.15, 0.2) is 0 Å². The molecule has 0 fully saturated rings. The van der Waals surface area contributed by atoms with Crippen LogP contribution in [0.2, 0.25) is 5.02 Å². The summed E-state index contributed by atoms with van der Waals surface area (Å²) in [6, 6.07) is 16.4. The molecule has 25 heavy (non-hydrogen) atoms. The van der Waals surface area contributed by atoms with Gasteiger partial charge in [0.05, 0.1) is 17.1 Å². The van der Waals surface area contributed by atoms with Gasteiger partial charge < -0.3 is 0 Å². The van der Waals surface area contributed by atoms with E-state index in [4.69, 9.17) is 16.6 Å². The van der Waals surface area contributed by atoms with Crippen LogP contribution in [0.15, 0.2) is 59.5 Å². The van der Waals surface area contributed by atoms with Gasteiger partial charge in [0, 0.05) is 28.4 Å². The van der Waals surface area contributed by atoms with Crippen molar-refractivity contribution >= 4 is 33.0 Å². The highest BCUT2D eigenvalue weighted by Crippen LogP contribution is 2.33. The summed E-state index contributed by atoms with van der Waals surface area (Å²) in [6.07, 6.45) is 0.623. The largest absolute Gasteiger partial charge is 0.243 e. The van der Waals surface area contributed by atoms with Crippen LogP contribution in [0.1, 0.15) is 10.6 Å². The van der Waals surface area contributed by atoms with E-state index in [2.05, 4.69) is 0 Å². The molecule has 128 valence electrons. The van der Waals surface area contributed by atoms with Crippen LogP contribution in [0.3, 0.4) is 0 Å². The summed E-state index contributed by atoms with van der Waals surface area (Å²) in [5.41, 5.74) is 2.06. The molecule has 0 unspecified atom stereocenters. The van der Waals surface area contributed by atoms with Crippen LogP contribution in [0.5, 0.6) is 0 Å². The first-order chi connectivity index (χ1) is 12.0. The maximum atomic E-state index is 12.9. The number of rotatable bonds is 3. The lowest BCUT2D eigenvalue weighted by Crippen LogP contribution is -2.35. The lowest BCUT2D eigenvalue weighted by atomic mass is 10.2. The highest BCUT2D eigenvalue weighted by atomic mass is 35.5. The van der Waals surface area contributed by atoms with Crippen LogP contribution < -0.4 is 0 Å². The number of halogens is 1. The van der Waals surface area contributed by atoms with Gasteiger partial charge in [0.1, 0.15) is 5.01 Å². The fourth-order valence-electron chi connectivity index (χ4n) is 2.86. The highest BCUT2D eigenvalue weighted by Gasteiger charge is 2.30. The van der Waals surface area contributed by atoms with Crippen LogP contribution in [0, 0.1) is 0 Å². The summed E-state index contributed by atoms with van der Waals surface area (Å²) in [5, 5.41) is 1.36. The Balaban J connectivity index is 1.64. The van der Waals surface area contributed by atoms with Crippen LogP contribution >= 0.6 is 22.9 Å². The Kier molecular flexibility index (Phi) is 4.37. The van der Waals surface area contributed by atoms with Crippen LogP contribution in [-0.2, 0) is 23.0 Å². The molecule has 0 aliphatic carbocycles. The predicted molar refractivity (Wildman–Crippen MR) is 100 cm³/mol. The molecule has 3 aromatic rings. The fourth-order valence-corrected chi connectivity index (χ4v) is 5.78. The number of benzene rings is 2. The van der Waals surface area contributed by atoms with E-state index in [1.165, 1.54) is 10.4 Å². The minimum Gasteiger partial charge on any atom is -0.241 e. The van der Waals surface area contributed by atoms with Crippen molar-refractivity contribution in [1.82, 2.24) is 9.29 Å². The third-order valence-electron chi connectivity index (χ3n) is 4.15. The van der Waals surface area contributed by atoms with E-state index < -0.39 is 10.0 Å². The topological polar surface area (TPSA) is 50.3 Å². The zero-order valence-corrected chi connectivity index (χ0v) is 15.6. The third-order valence-corrected chi connectivity index (χ3v) is 7.36. The van der Waals surface area contributed by atoms with Crippen molar-refractivity contribution in [2.45, 2.75) is 17.9 Å². The fraction of sp³-hybridized carbons (Fsp3) is 0.167. The van der Waals surface area contributed by atoms with Crippen LogP contribution in [0.25, 0.3) is 10.6 Å². The summed E-state index contributed by atoms with van der Waals surface area (Å²) in [5.74, 6) is 0. The molecule has 2 aromatic carbocycles. The molecular weight excluding hydrogens is 376 g/mol. The molecule has 0 saturated heterocycles. The van der Waals surface area contributed by atoms with E-state index in [1.54, 1.807) is 29.5 Å². The van der Waals surface area contributed by atoms with Crippen LogP contribution in [0.4, 0.5) is 0 Å². The van der Waals surface area contributed by atoms with E-state index in [9.17, 15) is 8.42 Å². The first kappa shape index (κ1) is 16.7. The van der Waals surface area contributed by atoms with E-state index in [0.717, 1.165) is 21.1 Å². The van der Waals surface area contributed by atoms with Gasteiger partial charge >= 0.3 is 0 Å². The lowest BCUT2D eigenvalue weighted by molar-refractivity contribution is 0.393. The minimum absolute atomic E-state index is 0.233. The molecule has 7 heteroatoms. The van der Waals surface area contributed by atoms with Gasteiger partial charge in [-0.05, 0) is 18.2 Å². The SMILES string of the molecule is O=S(=O)(c1cccc(Cl)c1)N1CCc2nc(-c3ccccc3)sc2C1. The Labute approximate surface area is 155 Å². The standard InChI is InChI=1S/C18H15ClN2O2S2/c19-14-7-4-8-15(11-14)25(22,23)21-10-9-16-17(12-21)24-18(20-16)13-5-2-1-3-6-13/h1-8,11H,9-10,12H2. The van der Waals surface area contributed by atoms with Gasteiger partial charge in [-0.1, -0.05) is 48.0 Å². The molecule has 4 nitrogen and oxygen atoms in total. The number of sulfonamides is 1. The molecule has 4 rings (SSSR count). The van der Waals surface area contributed by atoms with E-state index >= 15 is 0 Å². The molecule has 1 aliphatic heterocycles. The van der Waals surface area contributed by atoms with Crippen molar-refractivity contribution in [3.63, 3.8) is 0 Å². The van der Waals surface area contributed by atoms with Gasteiger partial charge in [-0.2, -0.15) is 4.31 Å². The molecular formula is C18H15ClN2O2S2. The molecule has 1 aliphatic rings. The quantitative estimate of drug-likeness (QED) is 0.673. The van der Waals surface area contributed by atoms with Crippen molar-refractivity contribution in [3.8, 4) is 10.6 Å². The summed E-state index contributed by atoms with van der Waals surface area (Å²) in [7, 11) is -3.55. The Bertz CT molecular complexity index is 1020. The monoisotopic (exact) mass is 390 g/mol. The predicted octanol–water partition coefficient (Wildman–Crippen LogP) is 4.21. The number of fused-ring (bicyclic) bond motifs is 1. The molecule has 0 N–H and O–H groups in total. The van der Waals surface area contributed by atoms with E-state index in [1.807, 2.05) is 30.3 Å². The number of nitrogens with zero attached hydrogens (tertiary/aromatic N) is 2. The smallest absolute Gasteiger partial charge is 0.241 e. The molecule has 0 bridgehead atoms. The molecule has 0 radical (unpaired) electrons. The Hall–Kier alpha value is -1.73. The van der Waals surface area contributed by atoms with Crippen molar-refractivity contribution < 1.29 is 8.42 Å². The maximum Gasteiger partial charge on any atom is 0.243 e. The van der Waals surface area contributed by atoms with Crippen molar-refractivity contribution in [3.05, 3.63) is 70.2 Å². The van der Waals surface area contributed by atoms with Gasteiger partial charge in [-0.15, -0.1) is 11.3 Å². The lowest BCUT2D eigenvalue weighted by Gasteiger charge is -2.25. The summed E-state index contributed by atoms with van der Waals surface area (Å²) in [4.78, 5) is 5.94.